The molecule has 2 nitrogen and oxygen atoms in total. The van der Waals surface area contributed by atoms with Crippen molar-refractivity contribution in [1.29, 1.82) is 0 Å². The first-order valence-electron chi connectivity index (χ1n) is 5.36. The lowest BCUT2D eigenvalue weighted by molar-refractivity contribution is 0.0930. The van der Waals surface area contributed by atoms with E-state index < -0.39 is 0 Å². The average molecular weight is 251 g/mol. The number of nitrogens with zero attached hydrogens (tertiary/aromatic N) is 1. The van der Waals surface area contributed by atoms with Crippen LogP contribution in [0.25, 0.3) is 0 Å². The molecular weight excluding hydrogens is 238 g/mol. The first-order chi connectivity index (χ1) is 7.75. The Morgan fingerprint density at radius 1 is 1.31 bits per heavy atom. The maximum Gasteiger partial charge on any atom is 0.269 e. The Labute approximate surface area is 105 Å². The average Bonchev–Trinajstić information content (AvgIpc) is 2.55. The molecule has 1 aromatic rings. The van der Waals surface area contributed by atoms with Crippen LogP contribution in [0, 0.1) is 0 Å². The summed E-state index contributed by atoms with van der Waals surface area (Å²) in [6.45, 7) is 2.14. The van der Waals surface area contributed by atoms with Gasteiger partial charge in [0.15, 0.2) is 0 Å². The molecule has 1 amide bonds. The van der Waals surface area contributed by atoms with Crippen molar-refractivity contribution in [1.82, 2.24) is 4.31 Å². The smallest absolute Gasteiger partial charge is 0.268 e. The molecule has 1 aliphatic rings. The first kappa shape index (κ1) is 11.6. The lowest BCUT2D eigenvalue weighted by Gasteiger charge is -2.13. The number of rotatable bonds is 4. The van der Waals surface area contributed by atoms with Gasteiger partial charge < -0.3 is 0 Å². The molecule has 0 bridgehead atoms. The molecule has 0 N–H and O–H groups in total. The minimum absolute atomic E-state index is 0.0294. The van der Waals surface area contributed by atoms with E-state index in [1.165, 1.54) is 11.9 Å². The van der Waals surface area contributed by atoms with Crippen LogP contribution in [0.1, 0.15) is 35.7 Å². The number of hydrogen-bond donors (Lipinski definition) is 0. The third-order valence-corrected chi connectivity index (χ3v) is 4.07. The zero-order chi connectivity index (χ0) is 11.5. The zero-order valence-corrected chi connectivity index (χ0v) is 10.7. The van der Waals surface area contributed by atoms with Gasteiger partial charge in [0.2, 0.25) is 0 Å². The molecule has 0 fully saturated rings. The minimum Gasteiger partial charge on any atom is -0.268 e. The second-order valence-corrected chi connectivity index (χ2v) is 5.06. The number of amides is 1. The van der Waals surface area contributed by atoms with Crippen molar-refractivity contribution in [3.05, 3.63) is 35.4 Å². The second-order valence-electron chi connectivity index (χ2n) is 3.64. The lowest BCUT2D eigenvalue weighted by Crippen LogP contribution is -2.21. The van der Waals surface area contributed by atoms with E-state index in [1.54, 1.807) is 4.31 Å². The van der Waals surface area contributed by atoms with Gasteiger partial charge in [0, 0.05) is 11.3 Å². The molecule has 84 valence electrons. The van der Waals surface area contributed by atoms with Crippen LogP contribution in [0.5, 0.6) is 0 Å². The van der Waals surface area contributed by atoms with Crippen LogP contribution in [-0.2, 0) is 0 Å². The number of carbonyl (C=O) groups excluding carboxylic acids is 1. The number of unbranched alkanes of at least 4 members (excludes halogenated alkanes) is 1. The Morgan fingerprint density at radius 2 is 2.00 bits per heavy atom. The molecule has 0 unspecified atom stereocenters. The van der Waals surface area contributed by atoms with Gasteiger partial charge in [0.25, 0.3) is 5.91 Å². The van der Waals surface area contributed by atoms with E-state index in [0.29, 0.717) is 4.99 Å². The summed E-state index contributed by atoms with van der Waals surface area (Å²) in [5.74, 6) is 0.970. The highest BCUT2D eigenvalue weighted by Crippen LogP contribution is 2.29. The summed E-state index contributed by atoms with van der Waals surface area (Å²) in [5.41, 5.74) is 1.63. The number of fused-ring (bicyclic) bond motifs is 1. The van der Waals surface area contributed by atoms with E-state index >= 15 is 0 Å². The fraction of sp³-hybridized carbons (Fsp3) is 0.333. The van der Waals surface area contributed by atoms with Gasteiger partial charge in [-0.3, -0.25) is 4.79 Å². The van der Waals surface area contributed by atoms with Gasteiger partial charge in [0.1, 0.15) is 4.99 Å². The molecule has 0 saturated carbocycles. The third-order valence-electron chi connectivity index (χ3n) is 2.48. The molecule has 0 aromatic heterocycles. The Kier molecular flexibility index (Phi) is 3.61. The Hall–Kier alpha value is -0.870. The molecule has 4 heteroatoms. The van der Waals surface area contributed by atoms with Gasteiger partial charge in [-0.1, -0.05) is 43.8 Å². The predicted octanol–water partition coefficient (Wildman–Crippen LogP) is 3.27. The van der Waals surface area contributed by atoms with Crippen molar-refractivity contribution in [2.24, 2.45) is 0 Å². The summed E-state index contributed by atoms with van der Waals surface area (Å²) in [5, 5.41) is 0. The standard InChI is InChI=1S/C12H13NOS2/c1-2-3-8-16-13-11(14)9-6-4-5-7-10(9)12(13)15/h4-7H,2-3,8H2,1H3. The van der Waals surface area contributed by atoms with E-state index in [4.69, 9.17) is 12.2 Å². The fourth-order valence-electron chi connectivity index (χ4n) is 1.58. The van der Waals surface area contributed by atoms with Crippen LogP contribution >= 0.6 is 24.2 Å². The summed E-state index contributed by atoms with van der Waals surface area (Å²) in [4.78, 5) is 12.7. The lowest BCUT2D eigenvalue weighted by atomic mass is 10.1. The molecule has 0 radical (unpaired) electrons. The highest BCUT2D eigenvalue weighted by atomic mass is 32.2. The maximum atomic E-state index is 12.0. The highest BCUT2D eigenvalue weighted by Gasteiger charge is 2.32. The van der Waals surface area contributed by atoms with Crippen LogP contribution in [0.2, 0.25) is 0 Å². The van der Waals surface area contributed by atoms with Crippen molar-refractivity contribution >= 4 is 35.1 Å². The fourth-order valence-corrected chi connectivity index (χ4v) is 3.04. The van der Waals surface area contributed by atoms with Crippen LogP contribution in [0.15, 0.2) is 24.3 Å². The van der Waals surface area contributed by atoms with Gasteiger partial charge >= 0.3 is 0 Å². The third kappa shape index (κ3) is 1.99. The molecule has 0 atom stereocenters. The summed E-state index contributed by atoms with van der Waals surface area (Å²) in [7, 11) is 0. The summed E-state index contributed by atoms with van der Waals surface area (Å²) < 4.78 is 1.65. The molecule has 2 rings (SSSR count). The molecule has 0 spiro atoms. The Morgan fingerprint density at radius 3 is 2.62 bits per heavy atom. The van der Waals surface area contributed by atoms with Crippen LogP contribution in [-0.4, -0.2) is 21.0 Å². The summed E-state index contributed by atoms with van der Waals surface area (Å²) in [6, 6.07) is 7.54. The van der Waals surface area contributed by atoms with Crippen molar-refractivity contribution in [3.8, 4) is 0 Å². The number of benzene rings is 1. The molecule has 0 aliphatic carbocycles. The van der Waals surface area contributed by atoms with E-state index in [9.17, 15) is 4.79 Å². The molecule has 0 saturated heterocycles. The SMILES string of the molecule is CCCCSN1C(=O)c2ccccc2C1=S. The van der Waals surface area contributed by atoms with E-state index in [2.05, 4.69) is 6.92 Å². The second kappa shape index (κ2) is 4.97. The summed E-state index contributed by atoms with van der Waals surface area (Å²) >= 11 is 6.83. The quantitative estimate of drug-likeness (QED) is 0.465. The molecule has 1 heterocycles. The minimum atomic E-state index is 0.0294. The molecule has 1 aromatic carbocycles. The van der Waals surface area contributed by atoms with Crippen LogP contribution in [0.4, 0.5) is 0 Å². The molecule has 16 heavy (non-hydrogen) atoms. The Bertz CT molecular complexity index is 396. The van der Waals surface area contributed by atoms with Crippen molar-refractivity contribution in [3.63, 3.8) is 0 Å². The van der Waals surface area contributed by atoms with Crippen LogP contribution in [0.3, 0.4) is 0 Å². The van der Waals surface area contributed by atoms with E-state index in [1.807, 2.05) is 24.3 Å². The summed E-state index contributed by atoms with van der Waals surface area (Å²) in [6.07, 6.45) is 2.24. The van der Waals surface area contributed by atoms with Gasteiger partial charge in [-0.25, -0.2) is 4.31 Å². The zero-order valence-electron chi connectivity index (χ0n) is 9.10. The normalized spacial score (nSPS) is 14.4. The largest absolute Gasteiger partial charge is 0.269 e. The topological polar surface area (TPSA) is 20.3 Å². The predicted molar refractivity (Wildman–Crippen MR) is 71.7 cm³/mol. The van der Waals surface area contributed by atoms with E-state index in [-0.39, 0.29) is 5.91 Å². The van der Waals surface area contributed by atoms with Crippen molar-refractivity contribution in [2.45, 2.75) is 19.8 Å². The monoisotopic (exact) mass is 251 g/mol. The number of hydrogen-bond acceptors (Lipinski definition) is 3. The molecule has 1 aliphatic heterocycles. The van der Waals surface area contributed by atoms with Gasteiger partial charge in [0.05, 0.1) is 5.56 Å². The Balaban J connectivity index is 2.15. The number of thiocarbonyl (C=S) groups is 1. The van der Waals surface area contributed by atoms with Gasteiger partial charge in [-0.2, -0.15) is 0 Å². The van der Waals surface area contributed by atoms with Crippen molar-refractivity contribution in [2.75, 3.05) is 5.75 Å². The van der Waals surface area contributed by atoms with Crippen molar-refractivity contribution < 1.29 is 4.79 Å². The first-order valence-corrected chi connectivity index (χ1v) is 6.71. The van der Waals surface area contributed by atoms with E-state index in [0.717, 1.165) is 29.7 Å². The number of carbonyl (C=O) groups is 1. The highest BCUT2D eigenvalue weighted by molar-refractivity contribution is 7.99. The molecular formula is C12H13NOS2. The van der Waals surface area contributed by atoms with Gasteiger partial charge in [-0.15, -0.1) is 0 Å². The van der Waals surface area contributed by atoms with Crippen LogP contribution < -0.4 is 0 Å². The van der Waals surface area contributed by atoms with Gasteiger partial charge in [-0.05, 0) is 24.4 Å². The maximum absolute atomic E-state index is 12.0.